The Kier molecular flexibility index (Phi) is 21.6. The molecule has 0 saturated heterocycles. The fourth-order valence-electron chi connectivity index (χ4n) is 9.64. The van der Waals surface area contributed by atoms with Crippen LogP contribution in [0, 0.1) is 11.8 Å². The summed E-state index contributed by atoms with van der Waals surface area (Å²) in [4.78, 5) is 79.0. The number of fused-ring (bicyclic) bond motifs is 3. The number of hydrogen-bond donors (Lipinski definition) is 3. The molecule has 5 aromatic carbocycles. The van der Waals surface area contributed by atoms with Crippen molar-refractivity contribution in [2.75, 3.05) is 36.0 Å². The van der Waals surface area contributed by atoms with Gasteiger partial charge in [-0.25, -0.2) is 29.9 Å². The van der Waals surface area contributed by atoms with E-state index >= 15 is 0 Å². The third-order valence-corrected chi connectivity index (χ3v) is 14.7. The van der Waals surface area contributed by atoms with E-state index in [1.54, 1.807) is 61.2 Å². The number of nitrogen functional groups attached to an aromatic ring is 1. The zero-order valence-corrected chi connectivity index (χ0v) is 50.3. The number of hydrogen-bond acceptors (Lipinski definition) is 12. The molecule has 4 N–H and O–H groups in total. The van der Waals surface area contributed by atoms with E-state index in [2.05, 4.69) is 90.5 Å². The zero-order chi connectivity index (χ0) is 61.7. The van der Waals surface area contributed by atoms with Gasteiger partial charge in [0.05, 0.1) is 34.2 Å². The van der Waals surface area contributed by atoms with Crippen LogP contribution < -0.4 is 16.4 Å². The molecule has 446 valence electrons. The van der Waals surface area contributed by atoms with Crippen molar-refractivity contribution in [1.29, 1.82) is 0 Å². The van der Waals surface area contributed by atoms with E-state index < -0.39 is 12.1 Å². The van der Waals surface area contributed by atoms with Gasteiger partial charge in [0, 0.05) is 125 Å². The summed E-state index contributed by atoms with van der Waals surface area (Å²) < 4.78 is 38.7. The van der Waals surface area contributed by atoms with Crippen molar-refractivity contribution in [3.8, 4) is 33.8 Å². The van der Waals surface area contributed by atoms with Crippen molar-refractivity contribution in [1.82, 2.24) is 44.6 Å². The van der Waals surface area contributed by atoms with Crippen LogP contribution in [0.25, 0.3) is 33.8 Å². The summed E-state index contributed by atoms with van der Waals surface area (Å²) in [6.07, 6.45) is -2.88. The van der Waals surface area contributed by atoms with Crippen LogP contribution in [-0.4, -0.2) is 94.5 Å². The lowest BCUT2D eigenvalue weighted by Crippen LogP contribution is -2.44. The number of amides is 4. The van der Waals surface area contributed by atoms with Crippen molar-refractivity contribution in [3.05, 3.63) is 193 Å². The maximum atomic E-state index is 12.9. The average molecular weight is 1230 g/mol. The first-order valence-electron chi connectivity index (χ1n) is 27.9. The Hall–Kier alpha value is -8.36. The van der Waals surface area contributed by atoms with Crippen LogP contribution in [0.15, 0.2) is 133 Å². The highest BCUT2D eigenvalue weighted by Crippen LogP contribution is 2.37. The SMILES string of the molecule is CC(C)C.CC(C)C(=O)Nc1nc2c(c(-c3ccccc3Cl)n1)CN(C(=O)C(F)(F)F)CC2.Nc1nc2c(c(-c3ccccc3Cl)n1)CN(Cc1ccccc1)CC2.O=CNc1nc2c(c(-c3ccccc3Cl)n1)CN(C(=O)c1ccccc1)CC2. The van der Waals surface area contributed by atoms with Crippen LogP contribution in [0.1, 0.15) is 84.3 Å². The van der Waals surface area contributed by atoms with Crippen LogP contribution in [-0.2, 0) is 59.8 Å². The van der Waals surface area contributed by atoms with E-state index in [9.17, 15) is 32.3 Å². The van der Waals surface area contributed by atoms with Crippen molar-refractivity contribution in [2.24, 2.45) is 11.8 Å². The normalized spacial score (nSPS) is 13.5. The summed E-state index contributed by atoms with van der Waals surface area (Å²) in [5.74, 6) is -1.13. The molecule has 6 heterocycles. The number of benzene rings is 5. The summed E-state index contributed by atoms with van der Waals surface area (Å²) in [5.41, 5.74) is 16.5. The molecular weight excluding hydrogens is 1160 g/mol. The molecule has 0 unspecified atom stereocenters. The minimum atomic E-state index is -4.96. The molecule has 16 nitrogen and oxygen atoms in total. The number of anilines is 3. The molecule has 4 amide bonds. The van der Waals surface area contributed by atoms with Gasteiger partial charge in [0.15, 0.2) is 0 Å². The summed E-state index contributed by atoms with van der Waals surface area (Å²) in [5, 5.41) is 6.71. The number of nitrogens with zero attached hydrogens (tertiary/aromatic N) is 9. The van der Waals surface area contributed by atoms with Gasteiger partial charge in [0.1, 0.15) is 0 Å². The van der Waals surface area contributed by atoms with E-state index in [0.29, 0.717) is 80.7 Å². The van der Waals surface area contributed by atoms with Gasteiger partial charge in [-0.05, 0) is 41.8 Å². The molecule has 0 radical (unpaired) electrons. The Morgan fingerprint density at radius 1 is 0.570 bits per heavy atom. The van der Waals surface area contributed by atoms with Gasteiger partial charge in [0.2, 0.25) is 30.2 Å². The molecule has 3 aromatic heterocycles. The monoisotopic (exact) mass is 1230 g/mol. The Bertz CT molecular complexity index is 3710. The molecule has 22 heteroatoms. The first-order valence-corrected chi connectivity index (χ1v) is 29.0. The van der Waals surface area contributed by atoms with Gasteiger partial charge in [0.25, 0.3) is 5.91 Å². The van der Waals surface area contributed by atoms with Gasteiger partial charge >= 0.3 is 12.1 Å². The number of rotatable bonds is 10. The number of halogens is 6. The lowest BCUT2D eigenvalue weighted by Gasteiger charge is -2.30. The largest absolute Gasteiger partial charge is 0.471 e. The fraction of sp³-hybridized carbons (Fsp3) is 0.281. The highest BCUT2D eigenvalue weighted by Gasteiger charge is 2.44. The van der Waals surface area contributed by atoms with Crippen LogP contribution in [0.5, 0.6) is 0 Å². The Morgan fingerprint density at radius 2 is 1.00 bits per heavy atom. The van der Waals surface area contributed by atoms with Crippen LogP contribution in [0.4, 0.5) is 31.0 Å². The topological polar surface area (TPSA) is 205 Å². The number of nitrogens with one attached hydrogen (secondary N) is 2. The van der Waals surface area contributed by atoms with E-state index in [-0.39, 0.29) is 49.1 Å². The summed E-state index contributed by atoms with van der Waals surface area (Å²) in [6.45, 7) is 13.1. The maximum Gasteiger partial charge on any atom is 0.471 e. The second kappa shape index (κ2) is 29.2. The highest BCUT2D eigenvalue weighted by atomic mass is 35.5. The van der Waals surface area contributed by atoms with Crippen LogP contribution >= 0.6 is 34.8 Å². The molecule has 86 heavy (non-hydrogen) atoms. The standard InChI is InChI=1S/C21H17ClN4O2.C20H19ClN4.C19H18ClF3N4O2.C4H10/c22-17-9-5-4-8-15(17)19-16-12-26(20(28)14-6-2-1-3-7-14)11-10-18(16)24-21(25-19)23-13-27;21-17-9-5-4-8-15(17)19-16-13-25(12-14-6-2-1-3-7-14)11-10-18(16)23-20(22)24-19;1-10(2)16(28)26-18-24-14-7-8-27(17(29)19(21,22)23)9-12(14)15(25-18)11-5-3-4-6-13(11)20;1-4(2)3/h1-9,13H,10-12H2,(H,23,24,25,27);1-9H,10-13H2,(H2,22,23,24);3-6,10H,7-9H2,1-2H3,(H,24,25,26,28);4H,1-3H3. The maximum absolute atomic E-state index is 12.9. The molecule has 3 aliphatic heterocycles. The van der Waals surface area contributed by atoms with E-state index in [4.69, 9.17) is 40.5 Å². The molecule has 0 aliphatic carbocycles. The van der Waals surface area contributed by atoms with E-state index in [1.807, 2.05) is 66.7 Å². The number of alkyl halides is 3. The Morgan fingerprint density at radius 3 is 1.51 bits per heavy atom. The second-order valence-corrected chi connectivity index (χ2v) is 22.6. The minimum Gasteiger partial charge on any atom is -0.368 e. The van der Waals surface area contributed by atoms with Gasteiger partial charge in [-0.3, -0.25) is 34.7 Å². The first kappa shape index (κ1) is 63.7. The molecule has 0 bridgehead atoms. The van der Waals surface area contributed by atoms with Crippen LogP contribution in [0.3, 0.4) is 0 Å². The van der Waals surface area contributed by atoms with Gasteiger partial charge in [-0.2, -0.15) is 13.2 Å². The predicted octanol–water partition coefficient (Wildman–Crippen LogP) is 13.0. The molecule has 0 atom stereocenters. The molecule has 0 spiro atoms. The lowest BCUT2D eigenvalue weighted by molar-refractivity contribution is -0.186. The van der Waals surface area contributed by atoms with Gasteiger partial charge in [-0.1, -0.05) is 173 Å². The van der Waals surface area contributed by atoms with Crippen LogP contribution in [0.2, 0.25) is 15.1 Å². The quantitative estimate of drug-likeness (QED) is 0.109. The number of aromatic nitrogens is 6. The van der Waals surface area contributed by atoms with Crippen molar-refractivity contribution in [2.45, 2.75) is 86.2 Å². The summed E-state index contributed by atoms with van der Waals surface area (Å²) in [7, 11) is 0. The molecule has 0 fully saturated rings. The van der Waals surface area contributed by atoms with Gasteiger partial charge in [-0.15, -0.1) is 0 Å². The zero-order valence-electron chi connectivity index (χ0n) is 48.0. The number of carbonyl (C=O) groups is 4. The highest BCUT2D eigenvalue weighted by molar-refractivity contribution is 6.34. The Balaban J connectivity index is 0.000000163. The molecular formula is C64H64Cl3F3N12O4. The molecule has 11 rings (SSSR count). The second-order valence-electron chi connectivity index (χ2n) is 21.3. The van der Waals surface area contributed by atoms with Crippen molar-refractivity contribution in [3.63, 3.8) is 0 Å². The summed E-state index contributed by atoms with van der Waals surface area (Å²) >= 11 is 19.1. The van der Waals surface area contributed by atoms with Crippen molar-refractivity contribution >= 4 is 76.8 Å². The summed E-state index contributed by atoms with van der Waals surface area (Å²) in [6, 6.07) is 41.5. The number of carbonyl (C=O) groups excluding carboxylic acids is 4. The average Bonchev–Trinajstić information content (AvgIpc) is 0.990. The third kappa shape index (κ3) is 16.3. The lowest BCUT2D eigenvalue weighted by atomic mass is 9.98. The minimum absolute atomic E-state index is 0.0357. The predicted molar refractivity (Wildman–Crippen MR) is 330 cm³/mol. The Labute approximate surface area is 512 Å². The van der Waals surface area contributed by atoms with Gasteiger partial charge < -0.3 is 15.5 Å². The first-order chi connectivity index (χ1) is 41.2. The van der Waals surface area contributed by atoms with E-state index in [0.717, 1.165) is 76.2 Å². The molecule has 8 aromatic rings. The van der Waals surface area contributed by atoms with Crippen molar-refractivity contribution < 1.29 is 32.3 Å². The fourth-order valence-corrected chi connectivity index (χ4v) is 10.3. The smallest absolute Gasteiger partial charge is 0.368 e. The van der Waals surface area contributed by atoms with E-state index in [1.165, 1.54) is 5.56 Å². The third-order valence-electron chi connectivity index (χ3n) is 13.7. The molecule has 0 saturated carbocycles. The number of nitrogens with two attached hydrogens (primary N) is 1. The molecule has 3 aliphatic rings.